The molecule has 0 bridgehead atoms. The minimum Gasteiger partial charge on any atom is -0.325 e. The van der Waals surface area contributed by atoms with Crippen molar-refractivity contribution in [3.63, 3.8) is 0 Å². The van der Waals surface area contributed by atoms with Crippen molar-refractivity contribution in [1.82, 2.24) is 4.90 Å². The van der Waals surface area contributed by atoms with E-state index in [0.29, 0.717) is 16.4 Å². The van der Waals surface area contributed by atoms with Crippen LogP contribution in [0, 0.1) is 5.82 Å². The Hall–Kier alpha value is -2.15. The number of likely N-dealkylation sites (N-methyl/N-ethyl adjacent to an activating group) is 1. The molecule has 2 N–H and O–H groups in total. The van der Waals surface area contributed by atoms with Gasteiger partial charge in [-0.25, -0.2) is 4.39 Å². The SMILES string of the molecule is C[C@H](C(=O)Nc1ccc(F)cc1Cl)N(C)CC(=O)Nc1ccc(Cl)cc1. The molecule has 0 spiro atoms. The summed E-state index contributed by atoms with van der Waals surface area (Å²) < 4.78 is 13.1. The summed E-state index contributed by atoms with van der Waals surface area (Å²) in [4.78, 5) is 26.0. The van der Waals surface area contributed by atoms with E-state index >= 15 is 0 Å². The molecule has 0 aromatic heterocycles. The predicted octanol–water partition coefficient (Wildman–Crippen LogP) is 4.03. The van der Waals surface area contributed by atoms with E-state index in [2.05, 4.69) is 10.6 Å². The van der Waals surface area contributed by atoms with Crippen molar-refractivity contribution in [3.8, 4) is 0 Å². The van der Waals surface area contributed by atoms with Crippen molar-refractivity contribution in [2.24, 2.45) is 0 Å². The fourth-order valence-corrected chi connectivity index (χ4v) is 2.47. The first-order valence-corrected chi connectivity index (χ1v) is 8.53. The molecule has 0 aliphatic heterocycles. The fourth-order valence-electron chi connectivity index (χ4n) is 2.13. The molecule has 0 unspecified atom stereocenters. The highest BCUT2D eigenvalue weighted by Crippen LogP contribution is 2.22. The smallest absolute Gasteiger partial charge is 0.241 e. The molecule has 0 saturated heterocycles. The van der Waals surface area contributed by atoms with Crippen molar-refractivity contribution in [3.05, 3.63) is 58.3 Å². The van der Waals surface area contributed by atoms with Gasteiger partial charge in [-0.15, -0.1) is 0 Å². The lowest BCUT2D eigenvalue weighted by molar-refractivity contribution is -0.122. The number of hydrogen-bond acceptors (Lipinski definition) is 3. The van der Waals surface area contributed by atoms with Gasteiger partial charge in [0.2, 0.25) is 11.8 Å². The second-order valence-corrected chi connectivity index (χ2v) is 6.60. The average Bonchev–Trinajstić information content (AvgIpc) is 2.58. The molecule has 0 fully saturated rings. The zero-order chi connectivity index (χ0) is 19.3. The molecule has 2 aromatic rings. The van der Waals surface area contributed by atoms with E-state index in [-0.39, 0.29) is 23.4 Å². The lowest BCUT2D eigenvalue weighted by Gasteiger charge is -2.23. The summed E-state index contributed by atoms with van der Waals surface area (Å²) in [6, 6.07) is 9.81. The van der Waals surface area contributed by atoms with Gasteiger partial charge in [0.1, 0.15) is 5.82 Å². The van der Waals surface area contributed by atoms with Crippen LogP contribution in [0.25, 0.3) is 0 Å². The van der Waals surface area contributed by atoms with Gasteiger partial charge in [-0.05, 0) is 56.4 Å². The van der Waals surface area contributed by atoms with Gasteiger partial charge in [0, 0.05) is 10.7 Å². The van der Waals surface area contributed by atoms with Crippen LogP contribution in [0.2, 0.25) is 10.0 Å². The summed E-state index contributed by atoms with van der Waals surface area (Å²) in [5, 5.41) is 6.03. The largest absolute Gasteiger partial charge is 0.325 e. The number of carbonyl (C=O) groups is 2. The third kappa shape index (κ3) is 5.69. The summed E-state index contributed by atoms with van der Waals surface area (Å²) in [5.41, 5.74) is 0.923. The normalized spacial score (nSPS) is 11.9. The van der Waals surface area contributed by atoms with E-state index in [9.17, 15) is 14.0 Å². The molecular weight excluding hydrogens is 380 g/mol. The van der Waals surface area contributed by atoms with Crippen molar-refractivity contribution in [2.45, 2.75) is 13.0 Å². The number of carbonyl (C=O) groups excluding carboxylic acids is 2. The number of halogens is 3. The van der Waals surface area contributed by atoms with Crippen molar-refractivity contribution < 1.29 is 14.0 Å². The van der Waals surface area contributed by atoms with E-state index in [1.807, 2.05) is 0 Å². The van der Waals surface area contributed by atoms with Crippen LogP contribution in [0.5, 0.6) is 0 Å². The van der Waals surface area contributed by atoms with Crippen LogP contribution in [-0.4, -0.2) is 36.3 Å². The average molecular weight is 398 g/mol. The minimum atomic E-state index is -0.605. The molecular formula is C18H18Cl2FN3O2. The zero-order valence-electron chi connectivity index (χ0n) is 14.2. The highest BCUT2D eigenvalue weighted by atomic mass is 35.5. The zero-order valence-corrected chi connectivity index (χ0v) is 15.7. The minimum absolute atomic E-state index is 0.00830. The molecule has 2 rings (SSSR count). The molecule has 0 saturated carbocycles. The predicted molar refractivity (Wildman–Crippen MR) is 102 cm³/mol. The topological polar surface area (TPSA) is 61.4 Å². The Morgan fingerprint density at radius 3 is 2.38 bits per heavy atom. The lowest BCUT2D eigenvalue weighted by Crippen LogP contribution is -2.43. The standard InChI is InChI=1S/C18H18Cl2FN3O2/c1-11(18(26)23-16-8-5-13(21)9-15(16)20)24(2)10-17(25)22-14-6-3-12(19)4-7-14/h3-9,11H,10H2,1-2H3,(H,22,25)(H,23,26)/t11-/m1/s1. The Balaban J connectivity index is 1.90. The second kappa shape index (κ2) is 8.98. The maximum atomic E-state index is 13.1. The summed E-state index contributed by atoms with van der Waals surface area (Å²) in [7, 11) is 1.65. The highest BCUT2D eigenvalue weighted by Gasteiger charge is 2.21. The first-order chi connectivity index (χ1) is 12.3. The quantitative estimate of drug-likeness (QED) is 0.773. The molecule has 5 nitrogen and oxygen atoms in total. The number of benzene rings is 2. The number of nitrogens with one attached hydrogen (secondary N) is 2. The van der Waals surface area contributed by atoms with E-state index in [0.717, 1.165) is 6.07 Å². The molecule has 0 heterocycles. The van der Waals surface area contributed by atoms with Crippen molar-refractivity contribution >= 4 is 46.4 Å². The third-order valence-corrected chi connectivity index (χ3v) is 4.32. The van der Waals surface area contributed by atoms with Gasteiger partial charge in [0.15, 0.2) is 0 Å². The molecule has 2 amide bonds. The summed E-state index contributed by atoms with van der Waals surface area (Å²) >= 11 is 11.7. The van der Waals surface area contributed by atoms with E-state index in [1.165, 1.54) is 12.1 Å². The number of anilines is 2. The molecule has 0 aliphatic carbocycles. The molecule has 0 aliphatic rings. The van der Waals surface area contributed by atoms with Crippen LogP contribution in [0.4, 0.5) is 15.8 Å². The van der Waals surface area contributed by atoms with Crippen LogP contribution in [0.15, 0.2) is 42.5 Å². The summed E-state index contributed by atoms with van der Waals surface area (Å²) in [6.45, 7) is 1.66. The number of hydrogen-bond donors (Lipinski definition) is 2. The first kappa shape index (κ1) is 20.2. The van der Waals surface area contributed by atoms with Gasteiger partial charge in [0.25, 0.3) is 0 Å². The lowest BCUT2D eigenvalue weighted by atomic mass is 10.2. The van der Waals surface area contributed by atoms with Gasteiger partial charge >= 0.3 is 0 Å². The number of rotatable bonds is 6. The highest BCUT2D eigenvalue weighted by molar-refractivity contribution is 6.33. The molecule has 0 radical (unpaired) electrons. The molecule has 2 aromatic carbocycles. The van der Waals surface area contributed by atoms with Crippen LogP contribution < -0.4 is 10.6 Å². The van der Waals surface area contributed by atoms with E-state index < -0.39 is 11.9 Å². The maximum Gasteiger partial charge on any atom is 0.241 e. The van der Waals surface area contributed by atoms with Crippen LogP contribution in [0.3, 0.4) is 0 Å². The Labute approximate surface area is 161 Å². The van der Waals surface area contributed by atoms with E-state index in [1.54, 1.807) is 43.1 Å². The Morgan fingerprint density at radius 1 is 1.12 bits per heavy atom. The molecule has 26 heavy (non-hydrogen) atoms. The Morgan fingerprint density at radius 2 is 1.77 bits per heavy atom. The van der Waals surface area contributed by atoms with Crippen LogP contribution in [-0.2, 0) is 9.59 Å². The first-order valence-electron chi connectivity index (χ1n) is 7.78. The monoisotopic (exact) mass is 397 g/mol. The summed E-state index contributed by atoms with van der Waals surface area (Å²) in [5.74, 6) is -1.12. The maximum absolute atomic E-state index is 13.1. The van der Waals surface area contributed by atoms with Gasteiger partial charge in [-0.3, -0.25) is 14.5 Å². The molecule has 138 valence electrons. The van der Waals surface area contributed by atoms with Gasteiger partial charge in [-0.1, -0.05) is 23.2 Å². The number of nitrogens with zero attached hydrogens (tertiary/aromatic N) is 1. The Kier molecular flexibility index (Phi) is 6.97. The third-order valence-electron chi connectivity index (χ3n) is 3.75. The second-order valence-electron chi connectivity index (χ2n) is 5.76. The van der Waals surface area contributed by atoms with Crippen LogP contribution >= 0.6 is 23.2 Å². The molecule has 1 atom stereocenters. The van der Waals surface area contributed by atoms with Gasteiger partial charge in [-0.2, -0.15) is 0 Å². The molecule has 8 heteroatoms. The van der Waals surface area contributed by atoms with Crippen molar-refractivity contribution in [1.29, 1.82) is 0 Å². The van der Waals surface area contributed by atoms with Crippen molar-refractivity contribution in [2.75, 3.05) is 24.2 Å². The number of amides is 2. The summed E-state index contributed by atoms with van der Waals surface area (Å²) in [6.07, 6.45) is 0. The van der Waals surface area contributed by atoms with E-state index in [4.69, 9.17) is 23.2 Å². The van der Waals surface area contributed by atoms with Gasteiger partial charge < -0.3 is 10.6 Å². The van der Waals surface area contributed by atoms with Gasteiger partial charge in [0.05, 0.1) is 23.3 Å². The fraction of sp³-hybridized carbons (Fsp3) is 0.222. The van der Waals surface area contributed by atoms with Crippen LogP contribution in [0.1, 0.15) is 6.92 Å². The Bertz CT molecular complexity index is 800.